The van der Waals surface area contributed by atoms with E-state index in [1.54, 1.807) is 4.68 Å². The van der Waals surface area contributed by atoms with Gasteiger partial charge in [0.1, 0.15) is 11.6 Å². The first-order valence-electron chi connectivity index (χ1n) is 8.51. The molecule has 2 aromatic heterocycles. The number of carbonyl (C=O) groups is 2. The molecule has 3 aromatic rings. The molecule has 0 saturated carbocycles. The third kappa shape index (κ3) is 5.01. The van der Waals surface area contributed by atoms with Crippen molar-refractivity contribution in [2.24, 2.45) is 0 Å². The van der Waals surface area contributed by atoms with Gasteiger partial charge in [-0.3, -0.25) is 25.1 Å². The fourth-order valence-corrected chi connectivity index (χ4v) is 3.47. The van der Waals surface area contributed by atoms with Crippen LogP contribution in [0.4, 0.5) is 0 Å². The summed E-state index contributed by atoms with van der Waals surface area (Å²) < 4.78 is 1.59. The number of amides is 2. The summed E-state index contributed by atoms with van der Waals surface area (Å²) in [7, 11) is 0. The summed E-state index contributed by atoms with van der Waals surface area (Å²) in [4.78, 5) is 28.5. The lowest BCUT2D eigenvalue weighted by molar-refractivity contribution is -0.129. The Morgan fingerprint density at radius 2 is 1.89 bits per heavy atom. The van der Waals surface area contributed by atoms with E-state index in [-0.39, 0.29) is 24.8 Å². The molecule has 1 aromatic carbocycles. The summed E-state index contributed by atoms with van der Waals surface area (Å²) in [6, 6.07) is 9.95. The van der Waals surface area contributed by atoms with Crippen LogP contribution in [-0.2, 0) is 22.6 Å². The van der Waals surface area contributed by atoms with Crippen LogP contribution in [0.25, 0.3) is 10.6 Å². The highest BCUT2D eigenvalue weighted by Crippen LogP contribution is 2.24. The molecule has 0 aliphatic carbocycles. The van der Waals surface area contributed by atoms with Gasteiger partial charge in [0.15, 0.2) is 0 Å². The minimum atomic E-state index is -0.340. The SMILES string of the molecule is Cc1cccc(-c2nc(CC(=O)NNC(=O)Cn3nc(C)cc3C)cs2)c1. The molecular weight excluding hydrogens is 362 g/mol. The highest BCUT2D eigenvalue weighted by Gasteiger charge is 2.11. The van der Waals surface area contributed by atoms with Crippen LogP contribution in [0.2, 0.25) is 0 Å². The normalized spacial score (nSPS) is 10.6. The zero-order chi connectivity index (χ0) is 19.4. The zero-order valence-corrected chi connectivity index (χ0v) is 16.3. The molecule has 2 amide bonds. The van der Waals surface area contributed by atoms with Gasteiger partial charge in [0, 0.05) is 16.6 Å². The van der Waals surface area contributed by atoms with Crippen molar-refractivity contribution in [2.45, 2.75) is 33.7 Å². The Morgan fingerprint density at radius 3 is 2.59 bits per heavy atom. The van der Waals surface area contributed by atoms with E-state index < -0.39 is 0 Å². The van der Waals surface area contributed by atoms with Crippen molar-refractivity contribution in [3.63, 3.8) is 0 Å². The Bertz CT molecular complexity index is 976. The van der Waals surface area contributed by atoms with E-state index in [0.29, 0.717) is 5.69 Å². The monoisotopic (exact) mass is 383 g/mol. The van der Waals surface area contributed by atoms with E-state index in [4.69, 9.17) is 0 Å². The second kappa shape index (κ2) is 8.13. The van der Waals surface area contributed by atoms with Crippen LogP contribution in [-0.4, -0.2) is 26.6 Å². The van der Waals surface area contributed by atoms with Crippen LogP contribution in [0.15, 0.2) is 35.7 Å². The maximum Gasteiger partial charge on any atom is 0.260 e. The van der Waals surface area contributed by atoms with Crippen molar-refractivity contribution in [3.05, 3.63) is 58.4 Å². The number of hydrogen-bond acceptors (Lipinski definition) is 5. The largest absolute Gasteiger partial charge is 0.273 e. The van der Waals surface area contributed by atoms with Crippen LogP contribution in [0.3, 0.4) is 0 Å². The molecule has 0 fully saturated rings. The first-order chi connectivity index (χ1) is 12.9. The second-order valence-corrected chi connectivity index (χ2v) is 7.23. The summed E-state index contributed by atoms with van der Waals surface area (Å²) in [6.45, 7) is 5.82. The number of nitrogens with zero attached hydrogens (tertiary/aromatic N) is 3. The van der Waals surface area contributed by atoms with Crippen molar-refractivity contribution in [1.29, 1.82) is 0 Å². The number of benzene rings is 1. The van der Waals surface area contributed by atoms with Crippen molar-refractivity contribution in [3.8, 4) is 10.6 Å². The maximum atomic E-state index is 12.1. The smallest absolute Gasteiger partial charge is 0.260 e. The van der Waals surface area contributed by atoms with E-state index in [1.165, 1.54) is 11.3 Å². The fourth-order valence-electron chi connectivity index (χ4n) is 2.66. The van der Waals surface area contributed by atoms with Gasteiger partial charge in [-0.1, -0.05) is 23.8 Å². The van der Waals surface area contributed by atoms with Crippen molar-refractivity contribution in [1.82, 2.24) is 25.6 Å². The Balaban J connectivity index is 1.51. The van der Waals surface area contributed by atoms with Gasteiger partial charge in [-0.15, -0.1) is 11.3 Å². The molecule has 0 bridgehead atoms. The first-order valence-corrected chi connectivity index (χ1v) is 9.39. The molecule has 140 valence electrons. The molecule has 0 unspecified atom stereocenters. The summed E-state index contributed by atoms with van der Waals surface area (Å²) in [5.74, 6) is -0.661. The molecular formula is C19H21N5O2S. The average molecular weight is 383 g/mol. The molecule has 0 saturated heterocycles. The van der Waals surface area contributed by atoms with Gasteiger partial charge in [0.05, 0.1) is 17.8 Å². The number of rotatable bonds is 5. The number of hydrogen-bond donors (Lipinski definition) is 2. The van der Waals surface area contributed by atoms with E-state index in [0.717, 1.165) is 27.5 Å². The minimum Gasteiger partial charge on any atom is -0.273 e. The molecule has 7 nitrogen and oxygen atoms in total. The molecule has 0 aliphatic heterocycles. The average Bonchev–Trinajstić information content (AvgIpc) is 3.19. The number of aromatic nitrogens is 3. The summed E-state index contributed by atoms with van der Waals surface area (Å²) in [5.41, 5.74) is 9.42. The van der Waals surface area contributed by atoms with E-state index >= 15 is 0 Å². The minimum absolute atomic E-state index is 0.0498. The Labute approximate surface area is 161 Å². The molecule has 3 rings (SSSR count). The maximum absolute atomic E-state index is 12.1. The molecule has 0 spiro atoms. The lowest BCUT2D eigenvalue weighted by atomic mass is 10.1. The molecule has 8 heteroatoms. The van der Waals surface area contributed by atoms with E-state index in [1.807, 2.05) is 50.4 Å². The van der Waals surface area contributed by atoms with Gasteiger partial charge in [-0.25, -0.2) is 4.98 Å². The molecule has 0 aliphatic rings. The number of carbonyl (C=O) groups excluding carboxylic acids is 2. The Hall–Kier alpha value is -3.00. The van der Waals surface area contributed by atoms with Crippen molar-refractivity contribution >= 4 is 23.2 Å². The number of nitrogens with one attached hydrogen (secondary N) is 2. The van der Waals surface area contributed by atoms with Crippen LogP contribution < -0.4 is 10.9 Å². The third-order valence-electron chi connectivity index (χ3n) is 3.90. The van der Waals surface area contributed by atoms with E-state index in [9.17, 15) is 9.59 Å². The Kier molecular flexibility index (Phi) is 5.66. The molecule has 2 N–H and O–H groups in total. The standard InChI is InChI=1S/C19H21N5O2S/c1-12-5-4-6-15(7-12)19-20-16(11-27-19)9-17(25)21-22-18(26)10-24-14(3)8-13(2)23-24/h4-8,11H,9-10H2,1-3H3,(H,21,25)(H,22,26). The predicted octanol–water partition coefficient (Wildman–Crippen LogP) is 2.32. The Morgan fingerprint density at radius 1 is 1.11 bits per heavy atom. The number of thiazole rings is 1. The highest BCUT2D eigenvalue weighted by molar-refractivity contribution is 7.13. The van der Waals surface area contributed by atoms with Crippen molar-refractivity contribution in [2.75, 3.05) is 0 Å². The summed E-state index contributed by atoms with van der Waals surface area (Å²) in [5, 5.41) is 6.94. The van der Waals surface area contributed by atoms with Crippen LogP contribution in [0, 0.1) is 20.8 Å². The predicted molar refractivity (Wildman–Crippen MR) is 104 cm³/mol. The number of aryl methyl sites for hydroxylation is 3. The van der Waals surface area contributed by atoms with Crippen LogP contribution in [0.1, 0.15) is 22.6 Å². The quantitative estimate of drug-likeness (QED) is 0.662. The van der Waals surface area contributed by atoms with Gasteiger partial charge in [0.25, 0.3) is 5.91 Å². The topological polar surface area (TPSA) is 88.9 Å². The van der Waals surface area contributed by atoms with Gasteiger partial charge in [0.2, 0.25) is 5.91 Å². The third-order valence-corrected chi connectivity index (χ3v) is 4.84. The molecule has 0 atom stereocenters. The van der Waals surface area contributed by atoms with Crippen LogP contribution >= 0.6 is 11.3 Å². The van der Waals surface area contributed by atoms with Gasteiger partial charge in [-0.2, -0.15) is 5.10 Å². The van der Waals surface area contributed by atoms with E-state index in [2.05, 4.69) is 27.0 Å². The molecule has 2 heterocycles. The fraction of sp³-hybridized carbons (Fsp3) is 0.263. The number of hydrazine groups is 1. The molecule has 27 heavy (non-hydrogen) atoms. The lowest BCUT2D eigenvalue weighted by Gasteiger charge is -2.07. The van der Waals surface area contributed by atoms with Gasteiger partial charge in [-0.05, 0) is 32.9 Å². The lowest BCUT2D eigenvalue weighted by Crippen LogP contribution is -2.44. The second-order valence-electron chi connectivity index (χ2n) is 6.37. The first kappa shape index (κ1) is 18.8. The van der Waals surface area contributed by atoms with Gasteiger partial charge < -0.3 is 0 Å². The summed E-state index contributed by atoms with van der Waals surface area (Å²) in [6.07, 6.45) is 0.0997. The van der Waals surface area contributed by atoms with Crippen molar-refractivity contribution < 1.29 is 9.59 Å². The summed E-state index contributed by atoms with van der Waals surface area (Å²) >= 11 is 1.49. The van der Waals surface area contributed by atoms with Gasteiger partial charge >= 0.3 is 0 Å². The van der Waals surface area contributed by atoms with Crippen LogP contribution in [0.5, 0.6) is 0 Å². The molecule has 0 radical (unpaired) electrons. The zero-order valence-electron chi connectivity index (χ0n) is 15.4. The highest BCUT2D eigenvalue weighted by atomic mass is 32.1.